The molecule has 0 saturated carbocycles. The van der Waals surface area contributed by atoms with E-state index in [9.17, 15) is 0 Å². The lowest BCUT2D eigenvalue weighted by atomic mass is 10.1. The molecule has 0 aromatic heterocycles. The second-order valence-electron chi connectivity index (χ2n) is 4.59. The molecule has 4 heteroatoms. The zero-order valence-electron chi connectivity index (χ0n) is 9.96. The maximum absolute atomic E-state index is 5.88. The standard InChI is InChI=1S/C11H22ClNOS/c1-4-15-6-5-13-8-10(7-12)14-11(2,3)9-13/h10H,4-9H2,1-3H3. The summed E-state index contributed by atoms with van der Waals surface area (Å²) >= 11 is 7.87. The zero-order chi connectivity index (χ0) is 11.3. The highest BCUT2D eigenvalue weighted by molar-refractivity contribution is 7.99. The van der Waals surface area contributed by atoms with E-state index in [0.717, 1.165) is 19.6 Å². The summed E-state index contributed by atoms with van der Waals surface area (Å²) in [5, 5.41) is 0. The van der Waals surface area contributed by atoms with Crippen molar-refractivity contribution in [1.82, 2.24) is 4.90 Å². The Balaban J connectivity index is 2.36. The minimum absolute atomic E-state index is 0.0469. The molecular formula is C11H22ClNOS. The summed E-state index contributed by atoms with van der Waals surface area (Å²) in [5.74, 6) is 3.01. The summed E-state index contributed by atoms with van der Waals surface area (Å²) in [5.41, 5.74) is -0.0469. The Morgan fingerprint density at radius 1 is 1.53 bits per heavy atom. The van der Waals surface area contributed by atoms with Gasteiger partial charge in [0.05, 0.1) is 11.7 Å². The van der Waals surface area contributed by atoms with Gasteiger partial charge >= 0.3 is 0 Å². The second kappa shape index (κ2) is 6.33. The second-order valence-corrected chi connectivity index (χ2v) is 6.29. The molecule has 1 saturated heterocycles. The monoisotopic (exact) mass is 251 g/mol. The average Bonchev–Trinajstić information content (AvgIpc) is 2.16. The summed E-state index contributed by atoms with van der Waals surface area (Å²) in [6.07, 6.45) is 0.196. The number of hydrogen-bond acceptors (Lipinski definition) is 3. The highest BCUT2D eigenvalue weighted by Crippen LogP contribution is 2.21. The summed E-state index contributed by atoms with van der Waals surface area (Å²) < 4.78 is 5.88. The largest absolute Gasteiger partial charge is 0.368 e. The van der Waals surface area contributed by atoms with Gasteiger partial charge in [-0.1, -0.05) is 6.92 Å². The summed E-state index contributed by atoms with van der Waals surface area (Å²) in [7, 11) is 0. The fraction of sp³-hybridized carbons (Fsp3) is 1.00. The first-order valence-corrected chi connectivity index (χ1v) is 7.30. The quantitative estimate of drug-likeness (QED) is 0.550. The first kappa shape index (κ1) is 13.6. The fourth-order valence-corrected chi connectivity index (χ4v) is 2.84. The van der Waals surface area contributed by atoms with Crippen LogP contribution in [-0.4, -0.2) is 53.6 Å². The lowest BCUT2D eigenvalue weighted by Crippen LogP contribution is -2.53. The molecule has 1 aliphatic heterocycles. The minimum atomic E-state index is -0.0469. The van der Waals surface area contributed by atoms with Crippen molar-refractivity contribution in [1.29, 1.82) is 0 Å². The number of ether oxygens (including phenoxy) is 1. The van der Waals surface area contributed by atoms with E-state index in [4.69, 9.17) is 16.3 Å². The maximum atomic E-state index is 5.88. The van der Waals surface area contributed by atoms with Crippen molar-refractivity contribution in [3.05, 3.63) is 0 Å². The molecule has 90 valence electrons. The van der Waals surface area contributed by atoms with E-state index >= 15 is 0 Å². The molecule has 1 heterocycles. The highest BCUT2D eigenvalue weighted by atomic mass is 35.5. The number of thioether (sulfide) groups is 1. The Morgan fingerprint density at radius 2 is 2.27 bits per heavy atom. The van der Waals surface area contributed by atoms with Gasteiger partial charge in [0.1, 0.15) is 0 Å². The van der Waals surface area contributed by atoms with Crippen LogP contribution in [0.3, 0.4) is 0 Å². The molecule has 0 aromatic rings. The molecule has 0 radical (unpaired) electrons. The SMILES string of the molecule is CCSCCN1CC(CCl)OC(C)(C)C1. The molecule has 1 unspecified atom stereocenters. The third-order valence-electron chi connectivity index (χ3n) is 2.48. The van der Waals surface area contributed by atoms with Crippen LogP contribution in [0.4, 0.5) is 0 Å². The molecule has 1 fully saturated rings. The third-order valence-corrected chi connectivity index (χ3v) is 3.70. The Hall–Kier alpha value is 0.560. The molecule has 0 aliphatic carbocycles. The Morgan fingerprint density at radius 3 is 2.87 bits per heavy atom. The number of morpholine rings is 1. The van der Waals surface area contributed by atoms with Gasteiger partial charge in [-0.2, -0.15) is 11.8 Å². The molecule has 0 bridgehead atoms. The van der Waals surface area contributed by atoms with Gasteiger partial charge in [0.15, 0.2) is 0 Å². The van der Waals surface area contributed by atoms with Crippen LogP contribution >= 0.6 is 23.4 Å². The Kier molecular flexibility index (Phi) is 5.75. The molecule has 0 amide bonds. The molecule has 0 N–H and O–H groups in total. The van der Waals surface area contributed by atoms with Gasteiger partial charge < -0.3 is 4.74 Å². The van der Waals surface area contributed by atoms with Gasteiger partial charge in [0.25, 0.3) is 0 Å². The van der Waals surface area contributed by atoms with E-state index in [1.165, 1.54) is 11.5 Å². The lowest BCUT2D eigenvalue weighted by Gasteiger charge is -2.42. The van der Waals surface area contributed by atoms with Crippen LogP contribution in [0.5, 0.6) is 0 Å². The van der Waals surface area contributed by atoms with Crippen LogP contribution in [0.15, 0.2) is 0 Å². The van der Waals surface area contributed by atoms with Crippen LogP contribution in [-0.2, 0) is 4.74 Å². The number of nitrogens with zero attached hydrogens (tertiary/aromatic N) is 1. The van der Waals surface area contributed by atoms with Crippen LogP contribution in [0, 0.1) is 0 Å². The molecule has 0 aromatic carbocycles. The number of alkyl halides is 1. The zero-order valence-corrected chi connectivity index (χ0v) is 11.5. The fourth-order valence-electron chi connectivity index (χ4n) is 2.01. The number of hydrogen-bond donors (Lipinski definition) is 0. The van der Waals surface area contributed by atoms with Crippen LogP contribution in [0.2, 0.25) is 0 Å². The molecule has 1 rings (SSSR count). The van der Waals surface area contributed by atoms with Gasteiger partial charge in [-0.05, 0) is 19.6 Å². The molecule has 1 atom stereocenters. The third kappa shape index (κ3) is 4.94. The van der Waals surface area contributed by atoms with E-state index in [1.807, 2.05) is 11.8 Å². The summed E-state index contributed by atoms with van der Waals surface area (Å²) in [6.45, 7) is 9.65. The first-order valence-electron chi connectivity index (χ1n) is 5.61. The number of rotatable bonds is 5. The maximum Gasteiger partial charge on any atom is 0.0844 e. The molecule has 1 aliphatic rings. The summed E-state index contributed by atoms with van der Waals surface area (Å²) in [6, 6.07) is 0. The van der Waals surface area contributed by atoms with Gasteiger partial charge in [-0.25, -0.2) is 0 Å². The molecule has 15 heavy (non-hydrogen) atoms. The van der Waals surface area contributed by atoms with Crippen LogP contribution < -0.4 is 0 Å². The molecule has 2 nitrogen and oxygen atoms in total. The van der Waals surface area contributed by atoms with Crippen molar-refractivity contribution in [2.45, 2.75) is 32.5 Å². The first-order chi connectivity index (χ1) is 7.07. The van der Waals surface area contributed by atoms with Crippen molar-refractivity contribution >= 4 is 23.4 Å². The van der Waals surface area contributed by atoms with Crippen LogP contribution in [0.25, 0.3) is 0 Å². The normalized spacial score (nSPS) is 26.8. The molecule has 0 spiro atoms. The van der Waals surface area contributed by atoms with Crippen LogP contribution in [0.1, 0.15) is 20.8 Å². The van der Waals surface area contributed by atoms with Crippen molar-refractivity contribution < 1.29 is 4.74 Å². The average molecular weight is 252 g/mol. The van der Waals surface area contributed by atoms with Crippen molar-refractivity contribution in [2.75, 3.05) is 37.0 Å². The topological polar surface area (TPSA) is 12.5 Å². The van der Waals surface area contributed by atoms with E-state index < -0.39 is 0 Å². The predicted molar refractivity (Wildman–Crippen MR) is 69.1 cm³/mol. The predicted octanol–water partition coefficient (Wildman–Crippen LogP) is 2.46. The van der Waals surface area contributed by atoms with Gasteiger partial charge in [0.2, 0.25) is 0 Å². The van der Waals surface area contributed by atoms with Crippen molar-refractivity contribution in [3.63, 3.8) is 0 Å². The van der Waals surface area contributed by atoms with E-state index in [2.05, 4.69) is 25.7 Å². The smallest absolute Gasteiger partial charge is 0.0844 e. The van der Waals surface area contributed by atoms with Crippen molar-refractivity contribution in [3.8, 4) is 0 Å². The highest BCUT2D eigenvalue weighted by Gasteiger charge is 2.32. The van der Waals surface area contributed by atoms with E-state index in [0.29, 0.717) is 5.88 Å². The minimum Gasteiger partial charge on any atom is -0.368 e. The number of halogens is 1. The van der Waals surface area contributed by atoms with E-state index in [-0.39, 0.29) is 11.7 Å². The molecular weight excluding hydrogens is 230 g/mol. The van der Waals surface area contributed by atoms with Crippen molar-refractivity contribution in [2.24, 2.45) is 0 Å². The Labute approximate surface area is 103 Å². The van der Waals surface area contributed by atoms with Gasteiger partial charge in [-0.3, -0.25) is 4.90 Å². The van der Waals surface area contributed by atoms with Gasteiger partial charge in [0, 0.05) is 31.3 Å². The summed E-state index contributed by atoms with van der Waals surface area (Å²) in [4.78, 5) is 2.47. The van der Waals surface area contributed by atoms with Gasteiger partial charge in [-0.15, -0.1) is 11.6 Å². The Bertz CT molecular complexity index is 189. The van der Waals surface area contributed by atoms with E-state index in [1.54, 1.807) is 0 Å². The lowest BCUT2D eigenvalue weighted by molar-refractivity contribution is -0.125.